The third-order valence-electron chi connectivity index (χ3n) is 2.70. The summed E-state index contributed by atoms with van der Waals surface area (Å²) in [4.78, 5) is 11.8. The lowest BCUT2D eigenvalue weighted by molar-refractivity contribution is 0.0914. The number of hydrogen-bond donors (Lipinski definition) is 2. The number of aromatic nitrogens is 1. The smallest absolute Gasteiger partial charge is 0.290 e. The normalized spacial score (nSPS) is 9.81. The van der Waals surface area contributed by atoms with E-state index in [0.717, 1.165) is 11.1 Å². The number of aliphatic hydroxyl groups excluding tert-OH is 1. The van der Waals surface area contributed by atoms with Crippen LogP contribution in [0.3, 0.4) is 0 Å². The largest absolute Gasteiger partial charge is 0.395 e. The predicted octanol–water partition coefficient (Wildman–Crippen LogP) is 1.65. The number of aliphatic hydroxyl groups is 1. The summed E-state index contributed by atoms with van der Waals surface area (Å²) >= 11 is 0. The summed E-state index contributed by atoms with van der Waals surface area (Å²) in [6.07, 6.45) is 0.450. The molecule has 1 aromatic carbocycles. The molecule has 21 heavy (non-hydrogen) atoms. The van der Waals surface area contributed by atoms with Gasteiger partial charge in [0.15, 0.2) is 0 Å². The summed E-state index contributed by atoms with van der Waals surface area (Å²) in [7, 11) is 0. The van der Waals surface area contributed by atoms with Gasteiger partial charge < -0.3 is 14.9 Å². The third kappa shape index (κ3) is 4.48. The topological polar surface area (TPSA) is 75.4 Å². The Morgan fingerprint density at radius 1 is 1.43 bits per heavy atom. The van der Waals surface area contributed by atoms with Crippen molar-refractivity contribution in [2.24, 2.45) is 0 Å². The van der Waals surface area contributed by atoms with E-state index in [-0.39, 0.29) is 18.3 Å². The molecule has 0 fully saturated rings. The molecular weight excluding hydrogens is 268 g/mol. The summed E-state index contributed by atoms with van der Waals surface area (Å²) < 4.78 is 4.90. The van der Waals surface area contributed by atoms with Crippen molar-refractivity contribution in [2.75, 3.05) is 6.61 Å². The highest BCUT2D eigenvalue weighted by Crippen LogP contribution is 2.06. The van der Waals surface area contributed by atoms with E-state index < -0.39 is 0 Å². The number of nitrogens with one attached hydrogen (secondary N) is 1. The Labute approximate surface area is 123 Å². The quantitative estimate of drug-likeness (QED) is 0.837. The number of rotatable bonds is 4. The van der Waals surface area contributed by atoms with Gasteiger partial charge in [-0.1, -0.05) is 29.1 Å². The van der Waals surface area contributed by atoms with E-state index in [0.29, 0.717) is 18.7 Å². The molecule has 0 aliphatic carbocycles. The minimum Gasteiger partial charge on any atom is -0.395 e. The van der Waals surface area contributed by atoms with Gasteiger partial charge in [-0.15, -0.1) is 0 Å². The second kappa shape index (κ2) is 7.27. The monoisotopic (exact) mass is 284 g/mol. The van der Waals surface area contributed by atoms with Crippen molar-refractivity contribution in [1.29, 1.82) is 0 Å². The summed E-state index contributed by atoms with van der Waals surface area (Å²) in [6, 6.07) is 9.16. The fraction of sp³-hybridized carbons (Fsp3) is 0.250. The molecule has 0 saturated heterocycles. The third-order valence-corrected chi connectivity index (χ3v) is 2.70. The maximum Gasteiger partial charge on any atom is 0.290 e. The molecule has 0 radical (unpaired) electrons. The Morgan fingerprint density at radius 3 is 3.00 bits per heavy atom. The Morgan fingerprint density at radius 2 is 2.29 bits per heavy atom. The van der Waals surface area contributed by atoms with Crippen LogP contribution in [-0.2, 0) is 6.54 Å². The van der Waals surface area contributed by atoms with Crippen LogP contribution in [-0.4, -0.2) is 22.8 Å². The molecular formula is C16H16N2O3. The number of carbonyl (C=O) groups excluding carboxylic acids is 1. The molecule has 2 N–H and O–H groups in total. The Balaban J connectivity index is 1.96. The van der Waals surface area contributed by atoms with Crippen molar-refractivity contribution in [2.45, 2.75) is 19.9 Å². The van der Waals surface area contributed by atoms with Gasteiger partial charge >= 0.3 is 0 Å². The van der Waals surface area contributed by atoms with Crippen LogP contribution in [0.5, 0.6) is 0 Å². The van der Waals surface area contributed by atoms with Gasteiger partial charge in [0.05, 0.1) is 12.3 Å². The van der Waals surface area contributed by atoms with E-state index >= 15 is 0 Å². The van der Waals surface area contributed by atoms with Crippen LogP contribution >= 0.6 is 0 Å². The zero-order chi connectivity index (χ0) is 15.1. The van der Waals surface area contributed by atoms with Crippen LogP contribution < -0.4 is 5.32 Å². The number of benzene rings is 1. The molecule has 0 unspecified atom stereocenters. The SMILES string of the molecule is Cc1cc(C(=O)NCc2cccc(C#CCCO)c2)on1. The fourth-order valence-corrected chi connectivity index (χ4v) is 1.72. The molecule has 1 amide bonds. The van der Waals surface area contributed by atoms with Crippen LogP contribution in [0.2, 0.25) is 0 Å². The van der Waals surface area contributed by atoms with Gasteiger partial charge in [0, 0.05) is 24.6 Å². The Hall–Kier alpha value is -2.58. The zero-order valence-corrected chi connectivity index (χ0v) is 11.7. The lowest BCUT2D eigenvalue weighted by atomic mass is 10.1. The standard InChI is InChI=1S/C16H16N2O3/c1-12-9-15(21-18-12)16(20)17-11-14-7-4-6-13(10-14)5-2-3-8-19/h4,6-7,9-10,19H,3,8,11H2,1H3,(H,17,20). The first-order chi connectivity index (χ1) is 10.2. The molecule has 1 heterocycles. The second-order valence-electron chi connectivity index (χ2n) is 4.49. The molecule has 1 aromatic heterocycles. The average molecular weight is 284 g/mol. The molecule has 2 rings (SSSR count). The van der Waals surface area contributed by atoms with E-state index in [1.165, 1.54) is 0 Å². The molecule has 0 atom stereocenters. The number of amides is 1. The van der Waals surface area contributed by atoms with Crippen LogP contribution in [0.1, 0.15) is 33.8 Å². The first-order valence-corrected chi connectivity index (χ1v) is 6.59. The Bertz CT molecular complexity index is 680. The summed E-state index contributed by atoms with van der Waals surface area (Å²) in [5.74, 6) is 5.72. The molecule has 0 bridgehead atoms. The highest BCUT2D eigenvalue weighted by molar-refractivity contribution is 5.91. The van der Waals surface area contributed by atoms with E-state index in [1.54, 1.807) is 13.0 Å². The van der Waals surface area contributed by atoms with Crippen molar-refractivity contribution in [1.82, 2.24) is 10.5 Å². The van der Waals surface area contributed by atoms with Crippen molar-refractivity contribution in [3.05, 3.63) is 52.9 Å². The first kappa shape index (κ1) is 14.8. The Kier molecular flexibility index (Phi) is 5.13. The maximum absolute atomic E-state index is 11.8. The van der Waals surface area contributed by atoms with E-state index in [2.05, 4.69) is 22.3 Å². The van der Waals surface area contributed by atoms with Gasteiger partial charge in [-0.2, -0.15) is 0 Å². The van der Waals surface area contributed by atoms with Crippen molar-refractivity contribution in [3.8, 4) is 11.8 Å². The lowest BCUT2D eigenvalue weighted by Gasteiger charge is -2.03. The van der Waals surface area contributed by atoms with Gasteiger partial charge in [-0.25, -0.2) is 0 Å². The van der Waals surface area contributed by atoms with Crippen LogP contribution in [0.15, 0.2) is 34.9 Å². The second-order valence-corrected chi connectivity index (χ2v) is 4.49. The summed E-state index contributed by atoms with van der Waals surface area (Å²) in [6.45, 7) is 2.20. The number of carbonyl (C=O) groups is 1. The molecule has 5 nitrogen and oxygen atoms in total. The predicted molar refractivity (Wildman–Crippen MR) is 77.4 cm³/mol. The highest BCUT2D eigenvalue weighted by Gasteiger charge is 2.10. The number of nitrogens with zero attached hydrogens (tertiary/aromatic N) is 1. The molecule has 2 aromatic rings. The first-order valence-electron chi connectivity index (χ1n) is 6.59. The number of hydrogen-bond acceptors (Lipinski definition) is 4. The van der Waals surface area contributed by atoms with E-state index in [1.807, 2.05) is 24.3 Å². The minimum atomic E-state index is -0.299. The van der Waals surface area contributed by atoms with Gasteiger partial charge in [0.25, 0.3) is 5.91 Å². The van der Waals surface area contributed by atoms with Crippen molar-refractivity contribution >= 4 is 5.91 Å². The van der Waals surface area contributed by atoms with Crippen molar-refractivity contribution in [3.63, 3.8) is 0 Å². The van der Waals surface area contributed by atoms with Gasteiger partial charge in [-0.3, -0.25) is 4.79 Å². The summed E-state index contributed by atoms with van der Waals surface area (Å²) in [5, 5.41) is 15.1. The zero-order valence-electron chi connectivity index (χ0n) is 11.7. The highest BCUT2D eigenvalue weighted by atomic mass is 16.5. The molecule has 5 heteroatoms. The lowest BCUT2D eigenvalue weighted by Crippen LogP contribution is -2.22. The summed E-state index contributed by atoms with van der Waals surface area (Å²) in [5.41, 5.74) is 2.46. The molecule has 0 spiro atoms. The van der Waals surface area contributed by atoms with Gasteiger partial charge in [0.1, 0.15) is 0 Å². The maximum atomic E-state index is 11.8. The van der Waals surface area contributed by atoms with Gasteiger partial charge in [0.2, 0.25) is 5.76 Å². The van der Waals surface area contributed by atoms with E-state index in [4.69, 9.17) is 9.63 Å². The van der Waals surface area contributed by atoms with Crippen LogP contribution in [0.4, 0.5) is 0 Å². The van der Waals surface area contributed by atoms with Crippen molar-refractivity contribution < 1.29 is 14.4 Å². The molecule has 108 valence electrons. The molecule has 0 saturated carbocycles. The van der Waals surface area contributed by atoms with Crippen LogP contribution in [0, 0.1) is 18.8 Å². The number of aryl methyl sites for hydroxylation is 1. The van der Waals surface area contributed by atoms with Crippen LogP contribution in [0.25, 0.3) is 0 Å². The minimum absolute atomic E-state index is 0.0549. The average Bonchev–Trinajstić information content (AvgIpc) is 2.92. The van der Waals surface area contributed by atoms with E-state index in [9.17, 15) is 4.79 Å². The fourth-order valence-electron chi connectivity index (χ4n) is 1.72. The van der Waals surface area contributed by atoms with Gasteiger partial charge in [-0.05, 0) is 24.6 Å². The molecule has 0 aliphatic heterocycles. The molecule has 0 aliphatic rings.